The van der Waals surface area contributed by atoms with Gasteiger partial charge in [-0.3, -0.25) is 4.79 Å². The fraction of sp³-hybridized carbons (Fsp3) is 0.565. The summed E-state index contributed by atoms with van der Waals surface area (Å²) in [5, 5.41) is 3.56. The number of nitrogens with zero attached hydrogens (tertiary/aromatic N) is 2. The van der Waals surface area contributed by atoms with Crippen molar-refractivity contribution in [3.05, 3.63) is 41.6 Å². The zero-order valence-electron chi connectivity index (χ0n) is 17.9. The van der Waals surface area contributed by atoms with Gasteiger partial charge in [0.1, 0.15) is 5.69 Å². The number of pyridine rings is 1. The monoisotopic (exact) mass is 421 g/mol. The maximum atomic E-state index is 13.4. The number of benzene rings is 1. The van der Waals surface area contributed by atoms with Crippen LogP contribution >= 0.6 is 0 Å². The summed E-state index contributed by atoms with van der Waals surface area (Å²) >= 11 is 0. The molecular weight excluding hydrogens is 391 g/mol. The molecule has 1 aliphatic rings. The Morgan fingerprint density at radius 1 is 1.23 bits per heavy atom. The van der Waals surface area contributed by atoms with Gasteiger partial charge in [0.15, 0.2) is 0 Å². The van der Waals surface area contributed by atoms with E-state index in [1.165, 1.54) is 6.07 Å². The summed E-state index contributed by atoms with van der Waals surface area (Å²) in [5.74, 6) is -0.465. The Labute approximate surface area is 175 Å². The molecule has 1 aliphatic carbocycles. The summed E-state index contributed by atoms with van der Waals surface area (Å²) in [6.45, 7) is 2.10. The molecule has 1 aromatic heterocycles. The highest BCUT2D eigenvalue weighted by atomic mass is 19.4. The average molecular weight is 422 g/mol. The molecule has 0 aliphatic heterocycles. The van der Waals surface area contributed by atoms with Crippen molar-refractivity contribution < 1.29 is 18.0 Å². The summed E-state index contributed by atoms with van der Waals surface area (Å²) in [5.41, 5.74) is -1.01. The first kappa shape index (κ1) is 22.5. The van der Waals surface area contributed by atoms with Crippen LogP contribution in [0.2, 0.25) is 0 Å². The van der Waals surface area contributed by atoms with Gasteiger partial charge < -0.3 is 10.2 Å². The standard InChI is InChI=1S/C23H30F3N3O/c1-4-5-12-19(22(29(2)3)13-8-9-14-22)28-21(30)17-15-20(23(24,25)26)27-18-11-7-6-10-16(17)18/h6-7,10-11,15,19H,4-5,8-9,12-14H2,1-3H3,(H,28,30). The lowest BCUT2D eigenvalue weighted by atomic mass is 9.83. The number of carbonyl (C=O) groups excluding carboxylic acids is 1. The molecule has 1 aromatic carbocycles. The lowest BCUT2D eigenvalue weighted by Gasteiger charge is -2.44. The van der Waals surface area contributed by atoms with Gasteiger partial charge in [0.2, 0.25) is 0 Å². The number of fused-ring (bicyclic) bond motifs is 1. The van der Waals surface area contributed by atoms with Gasteiger partial charge in [0.25, 0.3) is 5.91 Å². The summed E-state index contributed by atoms with van der Waals surface area (Å²) in [7, 11) is 4.06. The number of nitrogens with one attached hydrogen (secondary N) is 1. The summed E-state index contributed by atoms with van der Waals surface area (Å²) < 4.78 is 40.2. The lowest BCUT2D eigenvalue weighted by molar-refractivity contribution is -0.140. The van der Waals surface area contributed by atoms with Crippen molar-refractivity contribution in [1.82, 2.24) is 15.2 Å². The second kappa shape index (κ2) is 8.92. The van der Waals surface area contributed by atoms with Crippen LogP contribution in [0.15, 0.2) is 30.3 Å². The molecular formula is C23H30F3N3O. The van der Waals surface area contributed by atoms with E-state index in [4.69, 9.17) is 0 Å². The largest absolute Gasteiger partial charge is 0.433 e. The summed E-state index contributed by atoms with van der Waals surface area (Å²) in [4.78, 5) is 19.2. The molecule has 30 heavy (non-hydrogen) atoms. The fourth-order valence-electron chi connectivity index (χ4n) is 4.72. The number of carbonyl (C=O) groups is 1. The molecule has 1 heterocycles. The van der Waals surface area contributed by atoms with Gasteiger partial charge in [-0.15, -0.1) is 0 Å². The molecule has 2 aromatic rings. The molecule has 4 nitrogen and oxygen atoms in total. The average Bonchev–Trinajstić information content (AvgIpc) is 3.20. The van der Waals surface area contributed by atoms with Crippen molar-refractivity contribution in [3.8, 4) is 0 Å². The molecule has 1 atom stereocenters. The Morgan fingerprint density at radius 3 is 2.50 bits per heavy atom. The zero-order valence-corrected chi connectivity index (χ0v) is 17.9. The van der Waals surface area contributed by atoms with Crippen LogP contribution in [0.1, 0.15) is 67.9 Å². The maximum absolute atomic E-state index is 13.4. The summed E-state index contributed by atoms with van der Waals surface area (Å²) in [6.07, 6.45) is 2.25. The number of para-hydroxylation sites is 1. The minimum atomic E-state index is -4.61. The van der Waals surface area contributed by atoms with Crippen LogP contribution in [0.5, 0.6) is 0 Å². The van der Waals surface area contributed by atoms with Crippen LogP contribution < -0.4 is 5.32 Å². The number of halogens is 3. The van der Waals surface area contributed by atoms with Crippen LogP contribution in [0.25, 0.3) is 10.9 Å². The first-order valence-corrected chi connectivity index (χ1v) is 10.6. The number of hydrogen-bond acceptors (Lipinski definition) is 3. The second-order valence-corrected chi connectivity index (χ2v) is 8.44. The maximum Gasteiger partial charge on any atom is 0.433 e. The first-order chi connectivity index (χ1) is 14.2. The highest BCUT2D eigenvalue weighted by Gasteiger charge is 2.44. The van der Waals surface area contributed by atoms with Crippen LogP contribution in [0.4, 0.5) is 13.2 Å². The first-order valence-electron chi connectivity index (χ1n) is 10.6. The Morgan fingerprint density at radius 2 is 1.90 bits per heavy atom. The molecule has 0 radical (unpaired) electrons. The van der Waals surface area contributed by atoms with Crippen molar-refractivity contribution in [1.29, 1.82) is 0 Å². The second-order valence-electron chi connectivity index (χ2n) is 8.44. The number of unbranched alkanes of at least 4 members (excludes halogenated alkanes) is 1. The van der Waals surface area contributed by atoms with Gasteiger partial charge in [-0.25, -0.2) is 4.98 Å². The quantitative estimate of drug-likeness (QED) is 0.650. The zero-order chi connectivity index (χ0) is 21.9. The van der Waals surface area contributed by atoms with Crippen LogP contribution in [0, 0.1) is 0 Å². The molecule has 0 saturated heterocycles. The van der Waals surface area contributed by atoms with Gasteiger partial charge in [0.05, 0.1) is 11.1 Å². The molecule has 1 amide bonds. The molecule has 3 rings (SSSR count). The molecule has 1 N–H and O–H groups in total. The van der Waals surface area contributed by atoms with Crippen molar-refractivity contribution in [2.24, 2.45) is 0 Å². The third-order valence-corrected chi connectivity index (χ3v) is 6.41. The van der Waals surface area contributed by atoms with E-state index in [0.29, 0.717) is 5.39 Å². The fourth-order valence-corrected chi connectivity index (χ4v) is 4.72. The van der Waals surface area contributed by atoms with Crippen molar-refractivity contribution in [2.45, 2.75) is 69.6 Å². The number of hydrogen-bond donors (Lipinski definition) is 1. The smallest absolute Gasteiger partial charge is 0.347 e. The van der Waals surface area contributed by atoms with Gasteiger partial charge in [-0.05, 0) is 45.5 Å². The molecule has 164 valence electrons. The Kier molecular flexibility index (Phi) is 6.70. The SMILES string of the molecule is CCCCC(NC(=O)c1cc(C(F)(F)F)nc2ccccc12)C1(N(C)C)CCCC1. The minimum absolute atomic E-state index is 0.0290. The number of likely N-dealkylation sites (N-methyl/N-ethyl adjacent to an activating group) is 1. The molecule has 1 saturated carbocycles. The van der Waals surface area contributed by atoms with E-state index in [-0.39, 0.29) is 22.7 Å². The van der Waals surface area contributed by atoms with Crippen molar-refractivity contribution in [2.75, 3.05) is 14.1 Å². The van der Waals surface area contributed by atoms with Crippen LogP contribution in [0.3, 0.4) is 0 Å². The van der Waals surface area contributed by atoms with Crippen molar-refractivity contribution >= 4 is 16.8 Å². The van der Waals surface area contributed by atoms with E-state index in [2.05, 4.69) is 22.1 Å². The van der Waals surface area contributed by atoms with Crippen LogP contribution in [-0.2, 0) is 6.18 Å². The number of rotatable bonds is 7. The number of alkyl halides is 3. The third-order valence-electron chi connectivity index (χ3n) is 6.41. The Balaban J connectivity index is 2.01. The van der Waals surface area contributed by atoms with Crippen LogP contribution in [-0.4, -0.2) is 41.5 Å². The van der Waals surface area contributed by atoms with E-state index in [0.717, 1.165) is 51.0 Å². The van der Waals surface area contributed by atoms with E-state index in [1.807, 2.05) is 14.1 Å². The normalized spacial score (nSPS) is 17.4. The van der Waals surface area contributed by atoms with Gasteiger partial charge in [-0.1, -0.05) is 50.8 Å². The number of aromatic nitrogens is 1. The van der Waals surface area contributed by atoms with E-state index < -0.39 is 17.8 Å². The molecule has 1 unspecified atom stereocenters. The predicted octanol–water partition coefficient (Wildman–Crippen LogP) is 5.42. The molecule has 0 spiro atoms. The van der Waals surface area contributed by atoms with Gasteiger partial charge in [-0.2, -0.15) is 13.2 Å². The van der Waals surface area contributed by atoms with E-state index in [9.17, 15) is 18.0 Å². The number of amides is 1. The highest BCUT2D eigenvalue weighted by molar-refractivity contribution is 6.06. The van der Waals surface area contributed by atoms with E-state index >= 15 is 0 Å². The molecule has 7 heteroatoms. The predicted molar refractivity (Wildman–Crippen MR) is 112 cm³/mol. The molecule has 1 fully saturated rings. The van der Waals surface area contributed by atoms with Crippen molar-refractivity contribution in [3.63, 3.8) is 0 Å². The third kappa shape index (κ3) is 4.46. The van der Waals surface area contributed by atoms with E-state index in [1.54, 1.807) is 18.2 Å². The Hall–Kier alpha value is -2.15. The highest BCUT2D eigenvalue weighted by Crippen LogP contribution is 2.39. The lowest BCUT2D eigenvalue weighted by Crippen LogP contribution is -2.58. The topological polar surface area (TPSA) is 45.2 Å². The Bertz CT molecular complexity index is 889. The summed E-state index contributed by atoms with van der Waals surface area (Å²) in [6, 6.07) is 7.25. The van der Waals surface area contributed by atoms with Gasteiger partial charge >= 0.3 is 6.18 Å². The van der Waals surface area contributed by atoms with Gasteiger partial charge in [0, 0.05) is 17.0 Å². The molecule has 0 bridgehead atoms. The minimum Gasteiger partial charge on any atom is -0.347 e.